The van der Waals surface area contributed by atoms with Crippen molar-refractivity contribution in [3.05, 3.63) is 35.9 Å². The maximum absolute atomic E-state index is 12.0. The summed E-state index contributed by atoms with van der Waals surface area (Å²) in [6.45, 7) is 1.84. The van der Waals surface area contributed by atoms with Crippen LogP contribution in [0.1, 0.15) is 18.9 Å². The molecule has 17 heavy (non-hydrogen) atoms. The van der Waals surface area contributed by atoms with Gasteiger partial charge in [0.15, 0.2) is 5.96 Å². The van der Waals surface area contributed by atoms with Crippen LogP contribution in [0.4, 0.5) is 0 Å². The average molecular weight is 231 g/mol. The minimum absolute atomic E-state index is 0.0223. The summed E-state index contributed by atoms with van der Waals surface area (Å²) < 4.78 is 0. The van der Waals surface area contributed by atoms with Crippen LogP contribution in [0.5, 0.6) is 0 Å². The SMILES string of the molecule is CN1C(=O)C(C)(CCc2ccccc2)N=C1N. The summed E-state index contributed by atoms with van der Waals surface area (Å²) in [5, 5.41) is 0. The highest BCUT2D eigenvalue weighted by atomic mass is 16.2. The van der Waals surface area contributed by atoms with Gasteiger partial charge in [-0.15, -0.1) is 0 Å². The van der Waals surface area contributed by atoms with Crippen LogP contribution in [-0.2, 0) is 11.2 Å². The minimum atomic E-state index is -0.700. The van der Waals surface area contributed by atoms with Gasteiger partial charge in [0.25, 0.3) is 5.91 Å². The summed E-state index contributed by atoms with van der Waals surface area (Å²) in [5.41, 5.74) is 6.18. The number of guanidine groups is 1. The third-order valence-electron chi connectivity index (χ3n) is 3.21. The molecule has 0 aliphatic carbocycles. The number of carbonyl (C=O) groups excluding carboxylic acids is 1. The number of benzene rings is 1. The molecule has 1 heterocycles. The van der Waals surface area contributed by atoms with E-state index in [1.165, 1.54) is 10.5 Å². The molecule has 90 valence electrons. The van der Waals surface area contributed by atoms with E-state index in [0.717, 1.165) is 6.42 Å². The van der Waals surface area contributed by atoms with Gasteiger partial charge in [-0.25, -0.2) is 4.99 Å². The van der Waals surface area contributed by atoms with Crippen LogP contribution in [0.25, 0.3) is 0 Å². The number of carbonyl (C=O) groups is 1. The highest BCUT2D eigenvalue weighted by Gasteiger charge is 2.41. The number of rotatable bonds is 3. The van der Waals surface area contributed by atoms with E-state index >= 15 is 0 Å². The molecule has 0 spiro atoms. The standard InChI is InChI=1S/C13H17N3O/c1-13(11(17)16(2)12(14)15-13)9-8-10-6-4-3-5-7-10/h3-7H,8-9H2,1-2H3,(H2,14,15). The number of likely N-dealkylation sites (N-methyl/N-ethyl adjacent to an activating group) is 1. The molecule has 1 aliphatic heterocycles. The Labute approximate surface area is 101 Å². The maximum Gasteiger partial charge on any atom is 0.256 e. The third kappa shape index (κ3) is 2.16. The molecule has 0 saturated carbocycles. The predicted octanol–water partition coefficient (Wildman–Crippen LogP) is 1.16. The van der Waals surface area contributed by atoms with Gasteiger partial charge in [0, 0.05) is 7.05 Å². The largest absolute Gasteiger partial charge is 0.369 e. The summed E-state index contributed by atoms with van der Waals surface area (Å²) >= 11 is 0. The predicted molar refractivity (Wildman–Crippen MR) is 67.6 cm³/mol. The Morgan fingerprint density at radius 2 is 2.00 bits per heavy atom. The molecule has 2 rings (SSSR count). The Kier molecular flexibility index (Phi) is 2.88. The van der Waals surface area contributed by atoms with Crippen LogP contribution < -0.4 is 5.73 Å². The van der Waals surface area contributed by atoms with Crippen LogP contribution in [-0.4, -0.2) is 29.4 Å². The maximum atomic E-state index is 12.0. The van der Waals surface area contributed by atoms with E-state index in [2.05, 4.69) is 17.1 Å². The molecule has 0 bridgehead atoms. The van der Waals surface area contributed by atoms with Crippen molar-refractivity contribution in [3.8, 4) is 0 Å². The van der Waals surface area contributed by atoms with Crippen molar-refractivity contribution in [1.82, 2.24) is 4.90 Å². The Morgan fingerprint density at radius 1 is 1.35 bits per heavy atom. The normalized spacial score (nSPS) is 24.0. The van der Waals surface area contributed by atoms with Gasteiger partial charge in [-0.05, 0) is 25.3 Å². The van der Waals surface area contributed by atoms with Crippen molar-refractivity contribution < 1.29 is 4.79 Å². The minimum Gasteiger partial charge on any atom is -0.369 e. The number of amides is 1. The van der Waals surface area contributed by atoms with Crippen LogP contribution >= 0.6 is 0 Å². The molecule has 0 fully saturated rings. The van der Waals surface area contributed by atoms with Crippen molar-refractivity contribution in [1.29, 1.82) is 0 Å². The zero-order valence-corrected chi connectivity index (χ0v) is 10.2. The lowest BCUT2D eigenvalue weighted by Crippen LogP contribution is -2.40. The molecule has 1 amide bonds. The highest BCUT2D eigenvalue weighted by molar-refractivity contribution is 6.06. The van der Waals surface area contributed by atoms with Crippen molar-refractivity contribution in [2.24, 2.45) is 10.7 Å². The summed E-state index contributed by atoms with van der Waals surface area (Å²) in [7, 11) is 1.66. The van der Waals surface area contributed by atoms with Gasteiger partial charge in [0.05, 0.1) is 0 Å². The number of hydrogen-bond donors (Lipinski definition) is 1. The Balaban J connectivity index is 2.07. The topological polar surface area (TPSA) is 58.7 Å². The van der Waals surface area contributed by atoms with E-state index in [0.29, 0.717) is 12.4 Å². The van der Waals surface area contributed by atoms with Gasteiger partial charge >= 0.3 is 0 Å². The number of aryl methyl sites for hydroxylation is 1. The number of hydrogen-bond acceptors (Lipinski definition) is 3. The summed E-state index contributed by atoms with van der Waals surface area (Å²) in [6.07, 6.45) is 1.51. The van der Waals surface area contributed by atoms with E-state index in [9.17, 15) is 4.79 Å². The molecule has 4 nitrogen and oxygen atoms in total. The quantitative estimate of drug-likeness (QED) is 0.848. The number of nitrogens with two attached hydrogens (primary N) is 1. The van der Waals surface area contributed by atoms with Crippen LogP contribution in [0, 0.1) is 0 Å². The Bertz CT molecular complexity index is 455. The zero-order chi connectivity index (χ0) is 12.5. The first kappa shape index (κ1) is 11.6. The number of nitrogens with zero attached hydrogens (tertiary/aromatic N) is 2. The van der Waals surface area contributed by atoms with E-state index in [1.807, 2.05) is 25.1 Å². The molecule has 1 aromatic carbocycles. The summed E-state index contributed by atoms with van der Waals surface area (Å²) in [5.74, 6) is 0.288. The summed E-state index contributed by atoms with van der Waals surface area (Å²) in [4.78, 5) is 17.7. The molecule has 2 N–H and O–H groups in total. The lowest BCUT2D eigenvalue weighted by atomic mass is 9.93. The molecule has 0 saturated heterocycles. The van der Waals surface area contributed by atoms with Crippen molar-refractivity contribution in [2.75, 3.05) is 7.05 Å². The van der Waals surface area contributed by atoms with E-state index in [-0.39, 0.29) is 5.91 Å². The zero-order valence-electron chi connectivity index (χ0n) is 10.2. The molecule has 0 radical (unpaired) electrons. The first-order valence-corrected chi connectivity index (χ1v) is 5.70. The van der Waals surface area contributed by atoms with E-state index < -0.39 is 5.54 Å². The second-order valence-corrected chi connectivity index (χ2v) is 4.59. The van der Waals surface area contributed by atoms with Crippen molar-refractivity contribution in [3.63, 3.8) is 0 Å². The molecule has 1 unspecified atom stereocenters. The third-order valence-corrected chi connectivity index (χ3v) is 3.21. The van der Waals surface area contributed by atoms with E-state index in [1.54, 1.807) is 7.05 Å². The lowest BCUT2D eigenvalue weighted by Gasteiger charge is -2.19. The van der Waals surface area contributed by atoms with Crippen LogP contribution in [0.2, 0.25) is 0 Å². The van der Waals surface area contributed by atoms with Gasteiger partial charge in [-0.3, -0.25) is 9.69 Å². The molecule has 4 heteroatoms. The van der Waals surface area contributed by atoms with Crippen LogP contribution in [0.15, 0.2) is 35.3 Å². The highest BCUT2D eigenvalue weighted by Crippen LogP contribution is 2.25. The van der Waals surface area contributed by atoms with Crippen molar-refractivity contribution >= 4 is 11.9 Å². The fraction of sp³-hybridized carbons (Fsp3) is 0.385. The fourth-order valence-corrected chi connectivity index (χ4v) is 2.04. The Morgan fingerprint density at radius 3 is 2.53 bits per heavy atom. The molecule has 1 aromatic rings. The molecular weight excluding hydrogens is 214 g/mol. The van der Waals surface area contributed by atoms with Gasteiger partial charge < -0.3 is 5.73 Å². The summed E-state index contributed by atoms with van der Waals surface area (Å²) in [6, 6.07) is 10.1. The van der Waals surface area contributed by atoms with Gasteiger partial charge in [-0.2, -0.15) is 0 Å². The molecular formula is C13H17N3O. The monoisotopic (exact) mass is 231 g/mol. The fourth-order valence-electron chi connectivity index (χ4n) is 2.04. The molecule has 1 atom stereocenters. The lowest BCUT2D eigenvalue weighted by molar-refractivity contribution is -0.129. The average Bonchev–Trinajstić information content (AvgIpc) is 2.53. The first-order chi connectivity index (χ1) is 8.03. The second kappa shape index (κ2) is 4.20. The van der Waals surface area contributed by atoms with Crippen LogP contribution in [0.3, 0.4) is 0 Å². The van der Waals surface area contributed by atoms with Gasteiger partial charge in [-0.1, -0.05) is 30.3 Å². The first-order valence-electron chi connectivity index (χ1n) is 5.70. The number of aliphatic imine (C=N–C) groups is 1. The smallest absolute Gasteiger partial charge is 0.256 e. The van der Waals surface area contributed by atoms with Gasteiger partial charge in [0.2, 0.25) is 0 Å². The van der Waals surface area contributed by atoms with E-state index in [4.69, 9.17) is 5.73 Å². The molecule has 1 aliphatic rings. The van der Waals surface area contributed by atoms with Gasteiger partial charge in [0.1, 0.15) is 5.54 Å². The Hall–Kier alpha value is -1.84. The second-order valence-electron chi connectivity index (χ2n) is 4.59. The van der Waals surface area contributed by atoms with Crippen molar-refractivity contribution in [2.45, 2.75) is 25.3 Å². The molecule has 0 aromatic heterocycles.